The van der Waals surface area contributed by atoms with Crippen molar-refractivity contribution in [3.05, 3.63) is 32.5 Å². The normalized spacial score (nSPS) is 11.9. The molecule has 18 heavy (non-hydrogen) atoms. The molecule has 0 aromatic heterocycles. The molecule has 98 valence electrons. The van der Waals surface area contributed by atoms with Gasteiger partial charge in [-0.05, 0) is 28.9 Å². The Balaban J connectivity index is 3.00. The molecule has 1 atom stereocenters. The van der Waals surface area contributed by atoms with Gasteiger partial charge in [0, 0.05) is 0 Å². The van der Waals surface area contributed by atoms with Crippen molar-refractivity contribution in [1.29, 1.82) is 0 Å². The van der Waals surface area contributed by atoms with Crippen LogP contribution in [0.4, 0.5) is 10.1 Å². The number of hydrogen-bond acceptors (Lipinski definition) is 4. The first-order valence-electron chi connectivity index (χ1n) is 4.82. The Bertz CT molecular complexity index is 493. The molecule has 0 saturated heterocycles. The molecule has 0 aliphatic heterocycles. The molecule has 0 radical (unpaired) electrons. The maximum absolute atomic E-state index is 13.0. The zero-order valence-corrected chi connectivity index (χ0v) is 10.8. The summed E-state index contributed by atoms with van der Waals surface area (Å²) in [6.07, 6.45) is 0. The number of nitro groups is 1. The van der Waals surface area contributed by atoms with E-state index in [0.717, 1.165) is 6.07 Å². The highest BCUT2D eigenvalue weighted by molar-refractivity contribution is 9.10. The SMILES string of the molecule is CC(COc1c(Br)cc(F)cc1[N+](=O)[O-])C(=O)O. The third-order valence-corrected chi connectivity index (χ3v) is 2.67. The molecule has 0 heterocycles. The average Bonchev–Trinajstić information content (AvgIpc) is 2.26. The number of carboxylic acids is 1. The molecule has 1 N–H and O–H groups in total. The number of carboxylic acid groups (broad SMARTS) is 1. The van der Waals surface area contributed by atoms with E-state index >= 15 is 0 Å². The van der Waals surface area contributed by atoms with Gasteiger partial charge in [-0.1, -0.05) is 0 Å². The van der Waals surface area contributed by atoms with Gasteiger partial charge in [0.15, 0.2) is 0 Å². The van der Waals surface area contributed by atoms with Gasteiger partial charge in [0.1, 0.15) is 12.4 Å². The molecule has 0 saturated carbocycles. The van der Waals surface area contributed by atoms with E-state index in [0.29, 0.717) is 6.07 Å². The summed E-state index contributed by atoms with van der Waals surface area (Å²) in [5.74, 6) is -2.89. The van der Waals surface area contributed by atoms with Crippen molar-refractivity contribution < 1.29 is 24.0 Å². The minimum Gasteiger partial charge on any atom is -0.485 e. The fourth-order valence-corrected chi connectivity index (χ4v) is 1.64. The first kappa shape index (κ1) is 14.4. The summed E-state index contributed by atoms with van der Waals surface area (Å²) >= 11 is 2.94. The van der Waals surface area contributed by atoms with Crippen LogP contribution in [-0.2, 0) is 4.79 Å². The van der Waals surface area contributed by atoms with Crippen molar-refractivity contribution in [1.82, 2.24) is 0 Å². The highest BCUT2D eigenvalue weighted by atomic mass is 79.9. The van der Waals surface area contributed by atoms with Crippen LogP contribution in [0.2, 0.25) is 0 Å². The summed E-state index contributed by atoms with van der Waals surface area (Å²) in [5, 5.41) is 19.4. The van der Waals surface area contributed by atoms with Gasteiger partial charge in [-0.25, -0.2) is 4.39 Å². The van der Waals surface area contributed by atoms with Gasteiger partial charge in [0.2, 0.25) is 5.75 Å². The summed E-state index contributed by atoms with van der Waals surface area (Å²) in [4.78, 5) is 20.5. The third kappa shape index (κ3) is 3.39. The molecule has 0 spiro atoms. The molecule has 1 aromatic carbocycles. The molecular weight excluding hydrogens is 313 g/mol. The van der Waals surface area contributed by atoms with Crippen LogP contribution < -0.4 is 4.74 Å². The maximum atomic E-state index is 13.0. The van der Waals surface area contributed by atoms with Crippen LogP contribution in [-0.4, -0.2) is 22.6 Å². The van der Waals surface area contributed by atoms with Gasteiger partial charge in [-0.15, -0.1) is 0 Å². The van der Waals surface area contributed by atoms with E-state index in [2.05, 4.69) is 15.9 Å². The van der Waals surface area contributed by atoms with Crippen LogP contribution in [0.3, 0.4) is 0 Å². The first-order valence-corrected chi connectivity index (χ1v) is 5.61. The summed E-state index contributed by atoms with van der Waals surface area (Å²) in [6.45, 7) is 1.14. The third-order valence-electron chi connectivity index (χ3n) is 2.08. The number of aliphatic carboxylic acids is 1. The molecule has 1 unspecified atom stereocenters. The van der Waals surface area contributed by atoms with Crippen LogP contribution in [0.25, 0.3) is 0 Å². The molecule has 0 amide bonds. The summed E-state index contributed by atoms with van der Waals surface area (Å²) in [6, 6.07) is 1.72. The lowest BCUT2D eigenvalue weighted by atomic mass is 10.2. The zero-order valence-electron chi connectivity index (χ0n) is 9.22. The van der Waals surface area contributed by atoms with E-state index < -0.39 is 28.3 Å². The van der Waals surface area contributed by atoms with Gasteiger partial charge >= 0.3 is 11.7 Å². The highest BCUT2D eigenvalue weighted by Gasteiger charge is 2.22. The van der Waals surface area contributed by atoms with Crippen LogP contribution in [0.5, 0.6) is 5.75 Å². The lowest BCUT2D eigenvalue weighted by Crippen LogP contribution is -2.18. The molecule has 0 fully saturated rings. The van der Waals surface area contributed by atoms with Crippen LogP contribution in [0, 0.1) is 21.8 Å². The van der Waals surface area contributed by atoms with E-state index in [9.17, 15) is 19.3 Å². The summed E-state index contributed by atoms with van der Waals surface area (Å²) in [5.41, 5.74) is -0.556. The average molecular weight is 322 g/mol. The minimum atomic E-state index is -1.09. The topological polar surface area (TPSA) is 89.7 Å². The van der Waals surface area contributed by atoms with Gasteiger partial charge < -0.3 is 9.84 Å². The largest absolute Gasteiger partial charge is 0.485 e. The van der Waals surface area contributed by atoms with Crippen molar-refractivity contribution in [2.24, 2.45) is 5.92 Å². The Labute approximate surface area is 110 Å². The summed E-state index contributed by atoms with van der Waals surface area (Å²) in [7, 11) is 0. The number of rotatable bonds is 5. The van der Waals surface area contributed by atoms with E-state index in [-0.39, 0.29) is 16.8 Å². The van der Waals surface area contributed by atoms with E-state index in [1.165, 1.54) is 6.92 Å². The number of halogens is 2. The zero-order chi connectivity index (χ0) is 13.9. The fourth-order valence-electron chi connectivity index (χ4n) is 1.10. The molecule has 8 heteroatoms. The lowest BCUT2D eigenvalue weighted by molar-refractivity contribution is -0.386. The Kier molecular flexibility index (Phi) is 4.60. The predicted molar refractivity (Wildman–Crippen MR) is 63.0 cm³/mol. The molecule has 1 rings (SSSR count). The molecule has 0 bridgehead atoms. The monoisotopic (exact) mass is 321 g/mol. The van der Waals surface area contributed by atoms with Crippen molar-refractivity contribution >= 4 is 27.6 Å². The van der Waals surface area contributed by atoms with Gasteiger partial charge in [-0.2, -0.15) is 0 Å². The Hall–Kier alpha value is -1.70. The molecule has 0 aliphatic carbocycles. The Morgan fingerprint density at radius 2 is 2.28 bits per heavy atom. The van der Waals surface area contributed by atoms with Crippen molar-refractivity contribution in [3.8, 4) is 5.75 Å². The van der Waals surface area contributed by atoms with Gasteiger partial charge in [0.05, 0.1) is 21.4 Å². The second-order valence-electron chi connectivity index (χ2n) is 3.54. The fraction of sp³-hybridized carbons (Fsp3) is 0.300. The quantitative estimate of drug-likeness (QED) is 0.665. The van der Waals surface area contributed by atoms with E-state index in [1.807, 2.05) is 0 Å². The molecule has 0 aliphatic rings. The van der Waals surface area contributed by atoms with Crippen LogP contribution in [0.15, 0.2) is 16.6 Å². The maximum Gasteiger partial charge on any atom is 0.315 e. The second kappa shape index (κ2) is 5.76. The molecule has 6 nitrogen and oxygen atoms in total. The van der Waals surface area contributed by atoms with E-state index in [1.54, 1.807) is 0 Å². The lowest BCUT2D eigenvalue weighted by Gasteiger charge is -2.11. The number of hydrogen-bond donors (Lipinski definition) is 1. The predicted octanol–water partition coefficient (Wildman–Crippen LogP) is 2.60. The Morgan fingerprint density at radius 3 is 2.78 bits per heavy atom. The molecule has 1 aromatic rings. The van der Waals surface area contributed by atoms with Crippen LogP contribution in [0.1, 0.15) is 6.92 Å². The number of nitro benzene ring substituents is 1. The standard InChI is InChI=1S/C10H9BrFNO5/c1-5(10(14)15)4-18-9-7(11)2-6(12)3-8(9)13(16)17/h2-3,5H,4H2,1H3,(H,14,15). The first-order chi connectivity index (χ1) is 8.32. The van der Waals surface area contributed by atoms with Gasteiger partial charge in [-0.3, -0.25) is 14.9 Å². The second-order valence-corrected chi connectivity index (χ2v) is 4.40. The number of nitrogens with zero attached hydrogens (tertiary/aromatic N) is 1. The number of ether oxygens (including phenoxy) is 1. The van der Waals surface area contributed by atoms with Crippen molar-refractivity contribution in [2.75, 3.05) is 6.61 Å². The van der Waals surface area contributed by atoms with Crippen LogP contribution >= 0.6 is 15.9 Å². The van der Waals surface area contributed by atoms with E-state index in [4.69, 9.17) is 9.84 Å². The highest BCUT2D eigenvalue weighted by Crippen LogP contribution is 2.36. The van der Waals surface area contributed by atoms with Crippen molar-refractivity contribution in [2.45, 2.75) is 6.92 Å². The summed E-state index contributed by atoms with van der Waals surface area (Å²) < 4.78 is 18.1. The number of carbonyl (C=O) groups is 1. The smallest absolute Gasteiger partial charge is 0.315 e. The van der Waals surface area contributed by atoms with Gasteiger partial charge in [0.25, 0.3) is 0 Å². The Morgan fingerprint density at radius 1 is 1.67 bits per heavy atom. The molecular formula is C10H9BrFNO5. The van der Waals surface area contributed by atoms with Crippen molar-refractivity contribution in [3.63, 3.8) is 0 Å². The minimum absolute atomic E-state index is 0.0618. The number of benzene rings is 1.